The Balaban J connectivity index is 2.79. The largest absolute Gasteiger partial charge is 0.505 e. The van der Waals surface area contributed by atoms with E-state index < -0.39 is 51.8 Å². The highest BCUT2D eigenvalue weighted by Gasteiger charge is 2.26. The average molecular weight is 278 g/mol. The molecule has 0 bridgehead atoms. The van der Waals surface area contributed by atoms with Crippen LogP contribution in [0.25, 0.3) is 11.1 Å². The summed E-state index contributed by atoms with van der Waals surface area (Å²) in [5, 5.41) is 8.91. The van der Waals surface area contributed by atoms with Crippen LogP contribution in [0, 0.1) is 34.9 Å². The number of phenolic OH excluding ortho intramolecular Hbond substituents is 1. The quantitative estimate of drug-likeness (QED) is 0.476. The summed E-state index contributed by atoms with van der Waals surface area (Å²) in [6.45, 7) is 0. The number of aromatic hydroxyl groups is 1. The summed E-state index contributed by atoms with van der Waals surface area (Å²) >= 11 is 0. The molecule has 1 N–H and O–H groups in total. The third kappa shape index (κ3) is 2.00. The van der Waals surface area contributed by atoms with Gasteiger partial charge in [-0.1, -0.05) is 6.07 Å². The molecule has 0 fully saturated rings. The first-order valence-electron chi connectivity index (χ1n) is 4.85. The van der Waals surface area contributed by atoms with E-state index in [-0.39, 0.29) is 0 Å². The van der Waals surface area contributed by atoms with E-state index in [1.54, 1.807) is 0 Å². The van der Waals surface area contributed by atoms with Crippen LogP contribution >= 0.6 is 0 Å². The summed E-state index contributed by atoms with van der Waals surface area (Å²) in [7, 11) is 0. The van der Waals surface area contributed by atoms with E-state index in [2.05, 4.69) is 0 Å². The zero-order valence-corrected chi connectivity index (χ0v) is 8.95. The maximum Gasteiger partial charge on any atom is 0.200 e. The summed E-state index contributed by atoms with van der Waals surface area (Å²) in [5.74, 6) is -12.7. The Hall–Kier alpha value is -2.18. The lowest BCUT2D eigenvalue weighted by Crippen LogP contribution is -2.04. The highest BCUT2D eigenvalue weighted by atomic mass is 19.2. The van der Waals surface area contributed by atoms with E-state index in [1.165, 1.54) is 0 Å². The predicted molar refractivity (Wildman–Crippen MR) is 53.3 cm³/mol. The molecule has 0 radical (unpaired) electrons. The fourth-order valence-corrected chi connectivity index (χ4v) is 1.52. The summed E-state index contributed by atoms with van der Waals surface area (Å²) < 4.78 is 78.6. The van der Waals surface area contributed by atoms with Crippen molar-refractivity contribution in [2.24, 2.45) is 0 Å². The number of benzene rings is 2. The summed E-state index contributed by atoms with van der Waals surface area (Å²) in [5.41, 5.74) is -1.83. The van der Waals surface area contributed by atoms with Crippen molar-refractivity contribution in [2.45, 2.75) is 0 Å². The minimum Gasteiger partial charge on any atom is -0.505 e. The predicted octanol–water partition coefficient (Wildman–Crippen LogP) is 3.89. The van der Waals surface area contributed by atoms with E-state index in [0.717, 1.165) is 12.1 Å². The van der Waals surface area contributed by atoms with Gasteiger partial charge in [0.2, 0.25) is 5.82 Å². The minimum atomic E-state index is -2.29. The van der Waals surface area contributed by atoms with Crippen molar-refractivity contribution in [2.75, 3.05) is 0 Å². The van der Waals surface area contributed by atoms with Crippen LogP contribution < -0.4 is 0 Å². The molecule has 0 atom stereocenters. The maximum atomic E-state index is 13.4. The molecule has 0 unspecified atom stereocenters. The second-order valence-electron chi connectivity index (χ2n) is 3.61. The molecule has 2 aromatic rings. The van der Waals surface area contributed by atoms with Crippen LogP contribution in [0.5, 0.6) is 5.75 Å². The van der Waals surface area contributed by atoms with Crippen LogP contribution in [0.2, 0.25) is 0 Å². The minimum absolute atomic E-state index is 0.466. The molecule has 7 heteroatoms. The molecular weight excluding hydrogens is 274 g/mol. The van der Waals surface area contributed by atoms with Gasteiger partial charge in [-0.05, 0) is 17.7 Å². The Morgan fingerprint density at radius 2 is 1.16 bits per heavy atom. The Morgan fingerprint density at radius 3 is 1.63 bits per heavy atom. The normalized spacial score (nSPS) is 10.8. The van der Waals surface area contributed by atoms with Crippen molar-refractivity contribution in [1.29, 1.82) is 0 Å². The molecule has 0 aliphatic rings. The first-order valence-corrected chi connectivity index (χ1v) is 4.85. The van der Waals surface area contributed by atoms with Gasteiger partial charge >= 0.3 is 0 Å². The van der Waals surface area contributed by atoms with Crippen LogP contribution in [-0.2, 0) is 0 Å². The summed E-state index contributed by atoms with van der Waals surface area (Å²) in [6.07, 6.45) is 0. The lowest BCUT2D eigenvalue weighted by atomic mass is 10.0. The smallest absolute Gasteiger partial charge is 0.200 e. The van der Waals surface area contributed by atoms with E-state index in [1.807, 2.05) is 0 Å². The molecule has 2 aromatic carbocycles. The van der Waals surface area contributed by atoms with Crippen molar-refractivity contribution in [1.82, 2.24) is 0 Å². The molecule has 19 heavy (non-hydrogen) atoms. The van der Waals surface area contributed by atoms with Gasteiger partial charge < -0.3 is 5.11 Å². The summed E-state index contributed by atoms with van der Waals surface area (Å²) in [4.78, 5) is 0. The second kappa shape index (κ2) is 4.49. The number of halogens is 6. The fourth-order valence-electron chi connectivity index (χ4n) is 1.52. The second-order valence-corrected chi connectivity index (χ2v) is 3.61. The molecule has 100 valence electrons. The first-order chi connectivity index (χ1) is 8.84. The molecule has 0 aromatic heterocycles. The topological polar surface area (TPSA) is 20.2 Å². The van der Waals surface area contributed by atoms with Crippen LogP contribution in [0.1, 0.15) is 0 Å². The van der Waals surface area contributed by atoms with Gasteiger partial charge in [-0.25, -0.2) is 26.3 Å². The fraction of sp³-hybridized carbons (Fsp3) is 0. The Kier molecular flexibility index (Phi) is 3.13. The van der Waals surface area contributed by atoms with Crippen LogP contribution in [-0.4, -0.2) is 5.11 Å². The SMILES string of the molecule is Oc1ccc(-c2c(F)c(F)c(F)c(F)c2F)cc1F. The number of rotatable bonds is 1. The Labute approximate surface area is 102 Å². The number of hydrogen-bond acceptors (Lipinski definition) is 1. The molecule has 1 nitrogen and oxygen atoms in total. The van der Waals surface area contributed by atoms with Gasteiger partial charge in [0.25, 0.3) is 0 Å². The first kappa shape index (κ1) is 13.3. The molecule has 2 rings (SSSR count). The van der Waals surface area contributed by atoms with Crippen molar-refractivity contribution in [3.05, 3.63) is 53.1 Å². The molecule has 0 heterocycles. The van der Waals surface area contributed by atoms with Crippen LogP contribution in [0.4, 0.5) is 26.3 Å². The highest BCUT2D eigenvalue weighted by Crippen LogP contribution is 2.33. The van der Waals surface area contributed by atoms with Gasteiger partial charge in [-0.15, -0.1) is 0 Å². The summed E-state index contributed by atoms with van der Waals surface area (Å²) in [6, 6.07) is 2.03. The maximum absolute atomic E-state index is 13.4. The van der Waals surface area contributed by atoms with E-state index in [9.17, 15) is 26.3 Å². The Bertz CT molecular complexity index is 639. The van der Waals surface area contributed by atoms with Gasteiger partial charge in [0.05, 0.1) is 5.56 Å². The van der Waals surface area contributed by atoms with E-state index in [0.29, 0.717) is 6.07 Å². The van der Waals surface area contributed by atoms with Gasteiger partial charge in [0.15, 0.2) is 34.8 Å². The van der Waals surface area contributed by atoms with Crippen LogP contribution in [0.3, 0.4) is 0 Å². The standard InChI is InChI=1S/C12H4F6O/c13-5-3-4(1-2-6(5)19)7-8(14)10(16)12(18)11(17)9(7)15/h1-3,19H. The van der Waals surface area contributed by atoms with Gasteiger partial charge in [-0.2, -0.15) is 0 Å². The molecule has 0 saturated carbocycles. The van der Waals surface area contributed by atoms with Crippen molar-refractivity contribution < 1.29 is 31.4 Å². The third-order valence-electron chi connectivity index (χ3n) is 2.45. The van der Waals surface area contributed by atoms with Crippen molar-refractivity contribution in [3.8, 4) is 16.9 Å². The van der Waals surface area contributed by atoms with E-state index >= 15 is 0 Å². The van der Waals surface area contributed by atoms with Gasteiger partial charge in [-0.3, -0.25) is 0 Å². The number of hydrogen-bond donors (Lipinski definition) is 1. The zero-order chi connectivity index (χ0) is 14.3. The van der Waals surface area contributed by atoms with Crippen LogP contribution in [0.15, 0.2) is 18.2 Å². The van der Waals surface area contributed by atoms with Crippen molar-refractivity contribution in [3.63, 3.8) is 0 Å². The monoisotopic (exact) mass is 278 g/mol. The molecule has 0 amide bonds. The lowest BCUT2D eigenvalue weighted by Gasteiger charge is -2.08. The molecule has 0 spiro atoms. The number of phenols is 1. The zero-order valence-electron chi connectivity index (χ0n) is 8.95. The molecule has 0 aliphatic carbocycles. The molecular formula is C12H4F6O. The third-order valence-corrected chi connectivity index (χ3v) is 2.45. The van der Waals surface area contributed by atoms with Gasteiger partial charge in [0.1, 0.15) is 0 Å². The van der Waals surface area contributed by atoms with Crippen molar-refractivity contribution >= 4 is 0 Å². The highest BCUT2D eigenvalue weighted by molar-refractivity contribution is 5.66. The van der Waals surface area contributed by atoms with E-state index in [4.69, 9.17) is 5.11 Å². The molecule has 0 aliphatic heterocycles. The average Bonchev–Trinajstić information content (AvgIpc) is 2.38. The van der Waals surface area contributed by atoms with Gasteiger partial charge in [0, 0.05) is 0 Å². The Morgan fingerprint density at radius 1 is 0.684 bits per heavy atom. The lowest BCUT2D eigenvalue weighted by molar-refractivity contribution is 0.381. The molecule has 0 saturated heterocycles.